The van der Waals surface area contributed by atoms with Crippen LogP contribution in [0.4, 0.5) is 0 Å². The second-order valence-electron chi connectivity index (χ2n) is 12.6. The molecule has 1 aromatic carbocycles. The van der Waals surface area contributed by atoms with Crippen LogP contribution in [0.3, 0.4) is 0 Å². The number of Topliss-reactive ketones (excluding diaryl/α,β-unsaturated/α-hetero) is 2. The van der Waals surface area contributed by atoms with E-state index in [9.17, 15) is 14.7 Å². The summed E-state index contributed by atoms with van der Waals surface area (Å²) >= 11 is 0. The van der Waals surface area contributed by atoms with Gasteiger partial charge >= 0.3 is 0 Å². The van der Waals surface area contributed by atoms with E-state index in [1.165, 1.54) is 25.7 Å². The van der Waals surface area contributed by atoms with Crippen molar-refractivity contribution in [2.45, 2.75) is 84.2 Å². The molecule has 0 radical (unpaired) electrons. The molecule has 4 fully saturated rings. The Hall–Kier alpha value is -1.96. The maximum atomic E-state index is 12.4. The Morgan fingerprint density at radius 2 is 1.66 bits per heavy atom. The summed E-state index contributed by atoms with van der Waals surface area (Å²) in [4.78, 5) is 24.0. The first-order valence-corrected chi connectivity index (χ1v) is 13.6. The largest absolute Gasteiger partial charge is 0.388 e. The third-order valence-electron chi connectivity index (χ3n) is 11.0. The van der Waals surface area contributed by atoms with Crippen LogP contribution in [0.5, 0.6) is 0 Å². The molecule has 0 saturated heterocycles. The van der Waals surface area contributed by atoms with Crippen molar-refractivity contribution in [3.05, 3.63) is 35.4 Å². The lowest BCUT2D eigenvalue weighted by atomic mass is 9.44. The highest BCUT2D eigenvalue weighted by Gasteiger charge is 2.61. The van der Waals surface area contributed by atoms with Gasteiger partial charge < -0.3 is 10.2 Å². The molecule has 2 N–H and O–H groups in total. The van der Waals surface area contributed by atoms with Crippen molar-refractivity contribution in [2.75, 3.05) is 6.61 Å². The number of hydrogen-bond acceptors (Lipinski definition) is 4. The number of aliphatic hydroxyl groups excluding tert-OH is 1. The van der Waals surface area contributed by atoms with Crippen LogP contribution in [0.2, 0.25) is 0 Å². The van der Waals surface area contributed by atoms with Crippen LogP contribution in [0.25, 0.3) is 0 Å². The summed E-state index contributed by atoms with van der Waals surface area (Å²) in [6, 6.07) is 6.93. The van der Waals surface area contributed by atoms with E-state index in [1.807, 2.05) is 0 Å². The van der Waals surface area contributed by atoms with Crippen molar-refractivity contribution < 1.29 is 19.8 Å². The van der Waals surface area contributed by atoms with Gasteiger partial charge in [0, 0.05) is 17.0 Å². The van der Waals surface area contributed by atoms with Crippen molar-refractivity contribution in [1.29, 1.82) is 0 Å². The summed E-state index contributed by atoms with van der Waals surface area (Å²) in [6.07, 6.45) is 9.49. The highest BCUT2D eigenvalue weighted by Crippen LogP contribution is 2.68. The van der Waals surface area contributed by atoms with E-state index in [2.05, 4.69) is 25.7 Å². The summed E-state index contributed by atoms with van der Waals surface area (Å²) in [5, 5.41) is 20.5. The third kappa shape index (κ3) is 4.09. The van der Waals surface area contributed by atoms with Crippen molar-refractivity contribution in [1.82, 2.24) is 0 Å². The summed E-state index contributed by atoms with van der Waals surface area (Å²) in [7, 11) is 0. The van der Waals surface area contributed by atoms with Crippen LogP contribution >= 0.6 is 0 Å². The van der Waals surface area contributed by atoms with E-state index in [0.29, 0.717) is 35.5 Å². The molecule has 0 aliphatic heterocycles. The molecule has 4 heteroatoms. The summed E-state index contributed by atoms with van der Waals surface area (Å²) in [5.74, 6) is 9.25. The van der Waals surface area contributed by atoms with Crippen LogP contribution in [0.15, 0.2) is 24.3 Å². The topological polar surface area (TPSA) is 74.6 Å². The molecule has 0 aromatic heterocycles. The summed E-state index contributed by atoms with van der Waals surface area (Å²) < 4.78 is 0. The average molecular weight is 477 g/mol. The van der Waals surface area contributed by atoms with Gasteiger partial charge in [0.1, 0.15) is 18.0 Å². The molecule has 1 aromatic rings. The van der Waals surface area contributed by atoms with Crippen LogP contribution in [0, 0.1) is 52.3 Å². The second-order valence-corrected chi connectivity index (χ2v) is 12.6. The quantitative estimate of drug-likeness (QED) is 0.465. The lowest BCUT2D eigenvalue weighted by Crippen LogP contribution is -2.56. The lowest BCUT2D eigenvalue weighted by molar-refractivity contribution is -0.144. The zero-order valence-corrected chi connectivity index (χ0v) is 21.5. The summed E-state index contributed by atoms with van der Waals surface area (Å²) in [6.45, 7) is 6.19. The second kappa shape index (κ2) is 8.86. The molecule has 0 amide bonds. The van der Waals surface area contributed by atoms with Gasteiger partial charge in [0.2, 0.25) is 0 Å². The number of benzene rings is 1. The van der Waals surface area contributed by atoms with Crippen LogP contribution in [-0.2, 0) is 4.79 Å². The van der Waals surface area contributed by atoms with Gasteiger partial charge in [-0.1, -0.05) is 37.8 Å². The molecule has 5 rings (SSSR count). The molecule has 8 atom stereocenters. The Morgan fingerprint density at radius 3 is 2.34 bits per heavy atom. The molecule has 0 spiro atoms. The fourth-order valence-electron chi connectivity index (χ4n) is 9.05. The zero-order valence-electron chi connectivity index (χ0n) is 21.5. The van der Waals surface area contributed by atoms with Gasteiger partial charge in [-0.15, -0.1) is 0 Å². The molecule has 4 nitrogen and oxygen atoms in total. The van der Waals surface area contributed by atoms with E-state index in [1.54, 1.807) is 31.2 Å². The van der Waals surface area contributed by atoms with Gasteiger partial charge in [-0.3, -0.25) is 9.59 Å². The minimum atomic E-state index is -0.965. The normalized spacial score (nSPS) is 42.1. The van der Waals surface area contributed by atoms with Gasteiger partial charge in [-0.2, -0.15) is 0 Å². The number of hydrogen-bond donors (Lipinski definition) is 2. The Morgan fingerprint density at radius 1 is 0.943 bits per heavy atom. The predicted octanol–water partition coefficient (Wildman–Crippen LogP) is 5.19. The van der Waals surface area contributed by atoms with Gasteiger partial charge in [0.25, 0.3) is 0 Å². The van der Waals surface area contributed by atoms with Gasteiger partial charge in [-0.25, -0.2) is 0 Å². The monoisotopic (exact) mass is 476 g/mol. The maximum Gasteiger partial charge on any atom is 0.188 e. The molecular formula is C31H40O4. The van der Waals surface area contributed by atoms with Crippen molar-refractivity contribution >= 4 is 11.6 Å². The van der Waals surface area contributed by atoms with Crippen LogP contribution < -0.4 is 0 Å². The Bertz CT molecular complexity index is 1060. The number of aliphatic hydroxyl groups is 2. The van der Waals surface area contributed by atoms with E-state index >= 15 is 0 Å². The van der Waals surface area contributed by atoms with E-state index in [-0.39, 0.29) is 22.5 Å². The van der Waals surface area contributed by atoms with E-state index in [4.69, 9.17) is 5.11 Å². The number of ketones is 2. The number of rotatable bonds is 3. The maximum absolute atomic E-state index is 12.4. The Kier molecular flexibility index (Phi) is 6.26. The molecule has 2 unspecified atom stereocenters. The van der Waals surface area contributed by atoms with Gasteiger partial charge in [0.15, 0.2) is 5.78 Å². The zero-order chi connectivity index (χ0) is 25.0. The van der Waals surface area contributed by atoms with Crippen molar-refractivity contribution in [2.24, 2.45) is 40.4 Å². The Labute approximate surface area is 209 Å². The smallest absolute Gasteiger partial charge is 0.188 e. The molecule has 35 heavy (non-hydrogen) atoms. The molecule has 4 saturated carbocycles. The van der Waals surface area contributed by atoms with E-state index < -0.39 is 12.2 Å². The van der Waals surface area contributed by atoms with Gasteiger partial charge in [-0.05, 0) is 111 Å². The minimum Gasteiger partial charge on any atom is -0.388 e. The number of carbonyl (C=O) groups is 2. The third-order valence-corrected chi connectivity index (χ3v) is 11.0. The molecule has 188 valence electrons. The standard InChI is InChI=1S/C31H40O4/c1-20(33)25-10-11-26-24-9-8-23-18-31(35,15-12-21-4-6-22(7-5-21)28(34)19-32)17-16-29(23,2)27(24)13-14-30(25,26)3/h4-7,23-27,32,35H,8-11,13-14,16-19H2,1-3H3/t23?,24-,25+,26-,27-,29-,30+,31?/m0/s1. The molecule has 0 heterocycles. The van der Waals surface area contributed by atoms with Crippen molar-refractivity contribution in [3.63, 3.8) is 0 Å². The van der Waals surface area contributed by atoms with E-state index in [0.717, 1.165) is 37.2 Å². The fraction of sp³-hybridized carbons (Fsp3) is 0.677. The first-order chi connectivity index (χ1) is 16.6. The molecule has 4 aliphatic carbocycles. The average Bonchev–Trinajstić information content (AvgIpc) is 3.21. The summed E-state index contributed by atoms with van der Waals surface area (Å²) in [5.41, 5.74) is 0.722. The number of fused-ring (bicyclic) bond motifs is 5. The lowest BCUT2D eigenvalue weighted by Gasteiger charge is -2.61. The SMILES string of the molecule is CC(=O)[C@H]1CC[C@H]2[C@@H]3CCC4CC(O)(C#Cc5ccc(C(=O)CO)cc5)CC[C@]4(C)[C@H]3CC[C@]12C. The molecule has 0 bridgehead atoms. The van der Waals surface area contributed by atoms with Gasteiger partial charge in [0.05, 0.1) is 0 Å². The Balaban J connectivity index is 1.31. The van der Waals surface area contributed by atoms with Crippen LogP contribution in [0.1, 0.15) is 94.5 Å². The van der Waals surface area contributed by atoms with Crippen molar-refractivity contribution in [3.8, 4) is 11.8 Å². The number of carbonyl (C=O) groups excluding carboxylic acids is 2. The minimum absolute atomic E-state index is 0.189. The van der Waals surface area contributed by atoms with Crippen LogP contribution in [-0.4, -0.2) is 34.0 Å². The highest BCUT2D eigenvalue weighted by atomic mass is 16.3. The fourth-order valence-corrected chi connectivity index (χ4v) is 9.05. The first-order valence-electron chi connectivity index (χ1n) is 13.6. The predicted molar refractivity (Wildman–Crippen MR) is 136 cm³/mol. The highest BCUT2D eigenvalue weighted by molar-refractivity contribution is 5.96. The molecule has 4 aliphatic rings. The first kappa shape index (κ1) is 24.7. The molecular weight excluding hydrogens is 436 g/mol.